The van der Waals surface area contributed by atoms with Crippen molar-refractivity contribution in [1.29, 1.82) is 0 Å². The molecular weight excluding hydrogens is 341 g/mol. The van der Waals surface area contributed by atoms with E-state index < -0.39 is 0 Å². The van der Waals surface area contributed by atoms with Gasteiger partial charge in [-0.05, 0) is 19.5 Å². The summed E-state index contributed by atoms with van der Waals surface area (Å²) in [5, 5.41) is 0. The second-order valence-electron chi connectivity index (χ2n) is 4.59. The highest BCUT2D eigenvalue weighted by molar-refractivity contribution is 14.0. The second kappa shape index (κ2) is 13.6. The van der Waals surface area contributed by atoms with Crippen molar-refractivity contribution in [3.63, 3.8) is 0 Å². The predicted molar refractivity (Wildman–Crippen MR) is 87.5 cm³/mol. The standard InChI is InChI=1S/C14H29NO2.HI/c1-5-8-9-10-13(4)14(16)17-12-11-15(6-2)7-3;/h13H,5-12H2,1-4H3;1H. The molecule has 0 N–H and O–H groups in total. The van der Waals surface area contributed by atoms with Crippen molar-refractivity contribution in [3.8, 4) is 0 Å². The predicted octanol–water partition coefficient (Wildman–Crippen LogP) is 3.71. The van der Waals surface area contributed by atoms with Gasteiger partial charge in [0, 0.05) is 6.54 Å². The molecule has 0 aliphatic carbocycles. The zero-order chi connectivity index (χ0) is 13.1. The number of carbonyl (C=O) groups excluding carboxylic acids is 1. The Morgan fingerprint density at radius 3 is 2.28 bits per heavy atom. The van der Waals surface area contributed by atoms with Crippen LogP contribution in [0.25, 0.3) is 0 Å². The number of likely N-dealkylation sites (N-methyl/N-ethyl adjacent to an activating group) is 1. The molecule has 0 saturated carbocycles. The Balaban J connectivity index is 0. The van der Waals surface area contributed by atoms with Crippen LogP contribution in [0.5, 0.6) is 0 Å². The summed E-state index contributed by atoms with van der Waals surface area (Å²) < 4.78 is 5.29. The third-order valence-electron chi connectivity index (χ3n) is 3.19. The highest BCUT2D eigenvalue weighted by atomic mass is 127. The first-order chi connectivity index (χ1) is 8.15. The molecule has 0 aliphatic heterocycles. The number of esters is 1. The normalized spacial score (nSPS) is 12.1. The van der Waals surface area contributed by atoms with Gasteiger partial charge in [0.1, 0.15) is 6.61 Å². The maximum atomic E-state index is 11.7. The van der Waals surface area contributed by atoms with Crippen molar-refractivity contribution in [3.05, 3.63) is 0 Å². The van der Waals surface area contributed by atoms with Gasteiger partial charge in [-0.15, -0.1) is 24.0 Å². The van der Waals surface area contributed by atoms with E-state index in [1.807, 2.05) is 6.92 Å². The molecule has 0 amide bonds. The molecule has 3 nitrogen and oxygen atoms in total. The van der Waals surface area contributed by atoms with Crippen molar-refractivity contribution >= 4 is 29.9 Å². The van der Waals surface area contributed by atoms with Gasteiger partial charge in [-0.25, -0.2) is 0 Å². The van der Waals surface area contributed by atoms with E-state index in [1.54, 1.807) is 0 Å². The molecule has 0 aliphatic rings. The number of nitrogens with zero attached hydrogens (tertiary/aromatic N) is 1. The Hall–Kier alpha value is 0.160. The quantitative estimate of drug-likeness (QED) is 0.333. The van der Waals surface area contributed by atoms with Crippen LogP contribution < -0.4 is 0 Å². The second-order valence-corrected chi connectivity index (χ2v) is 4.59. The van der Waals surface area contributed by atoms with Gasteiger partial charge in [0.05, 0.1) is 5.92 Å². The molecular formula is C14H30INO2. The van der Waals surface area contributed by atoms with Gasteiger partial charge < -0.3 is 9.64 Å². The molecule has 0 aromatic heterocycles. The van der Waals surface area contributed by atoms with Crippen molar-refractivity contribution in [2.75, 3.05) is 26.2 Å². The summed E-state index contributed by atoms with van der Waals surface area (Å²) in [7, 11) is 0. The molecule has 0 radical (unpaired) electrons. The number of rotatable bonds is 10. The molecule has 0 spiro atoms. The number of carbonyl (C=O) groups is 1. The third-order valence-corrected chi connectivity index (χ3v) is 3.19. The van der Waals surface area contributed by atoms with E-state index in [2.05, 4.69) is 25.7 Å². The van der Waals surface area contributed by atoms with E-state index >= 15 is 0 Å². The highest BCUT2D eigenvalue weighted by Crippen LogP contribution is 2.10. The van der Waals surface area contributed by atoms with Crippen LogP contribution in [0.4, 0.5) is 0 Å². The van der Waals surface area contributed by atoms with Crippen molar-refractivity contribution < 1.29 is 9.53 Å². The zero-order valence-electron chi connectivity index (χ0n) is 12.4. The lowest BCUT2D eigenvalue weighted by Gasteiger charge is -2.18. The molecule has 0 aromatic rings. The summed E-state index contributed by atoms with van der Waals surface area (Å²) in [6, 6.07) is 0. The largest absolute Gasteiger partial charge is 0.464 e. The Labute approximate surface area is 130 Å². The van der Waals surface area contributed by atoms with Gasteiger partial charge >= 0.3 is 5.97 Å². The lowest BCUT2D eigenvalue weighted by molar-refractivity contribution is -0.148. The number of hydrogen-bond acceptors (Lipinski definition) is 3. The minimum absolute atomic E-state index is 0. The number of unbranched alkanes of at least 4 members (excludes halogenated alkanes) is 2. The fourth-order valence-electron chi connectivity index (χ4n) is 1.78. The molecule has 4 heteroatoms. The van der Waals surface area contributed by atoms with E-state index in [4.69, 9.17) is 4.74 Å². The smallest absolute Gasteiger partial charge is 0.308 e. The molecule has 0 saturated heterocycles. The van der Waals surface area contributed by atoms with Crippen molar-refractivity contribution in [2.24, 2.45) is 5.92 Å². The monoisotopic (exact) mass is 371 g/mol. The van der Waals surface area contributed by atoms with Gasteiger partial charge in [0.15, 0.2) is 0 Å². The van der Waals surface area contributed by atoms with E-state index in [0.717, 1.165) is 32.5 Å². The van der Waals surface area contributed by atoms with Gasteiger partial charge in [-0.1, -0.05) is 47.0 Å². The molecule has 18 heavy (non-hydrogen) atoms. The summed E-state index contributed by atoms with van der Waals surface area (Å²) in [5.74, 6) is 0.0199. The Kier molecular flexibility index (Phi) is 15.5. The lowest BCUT2D eigenvalue weighted by Crippen LogP contribution is -2.28. The molecule has 0 aromatic carbocycles. The van der Waals surface area contributed by atoms with Crippen LogP contribution in [-0.2, 0) is 9.53 Å². The van der Waals surface area contributed by atoms with Crippen LogP contribution in [0, 0.1) is 5.92 Å². The Bertz CT molecular complexity index is 196. The third kappa shape index (κ3) is 10.1. The maximum Gasteiger partial charge on any atom is 0.308 e. The van der Waals surface area contributed by atoms with Crippen LogP contribution in [0.15, 0.2) is 0 Å². The zero-order valence-corrected chi connectivity index (χ0v) is 14.7. The summed E-state index contributed by atoms with van der Waals surface area (Å²) in [6.45, 7) is 11.8. The summed E-state index contributed by atoms with van der Waals surface area (Å²) >= 11 is 0. The molecule has 1 unspecified atom stereocenters. The van der Waals surface area contributed by atoms with Gasteiger partial charge in [-0.2, -0.15) is 0 Å². The summed E-state index contributed by atoms with van der Waals surface area (Å²) in [5.41, 5.74) is 0. The fraction of sp³-hybridized carbons (Fsp3) is 0.929. The SMILES string of the molecule is CCCCCC(C)C(=O)OCCN(CC)CC.I. The maximum absolute atomic E-state index is 11.7. The van der Waals surface area contributed by atoms with Gasteiger partial charge in [-0.3, -0.25) is 4.79 Å². The van der Waals surface area contributed by atoms with Crippen LogP contribution in [0.3, 0.4) is 0 Å². The summed E-state index contributed by atoms with van der Waals surface area (Å²) in [4.78, 5) is 13.9. The minimum atomic E-state index is -0.0340. The molecule has 0 heterocycles. The van der Waals surface area contributed by atoms with Crippen LogP contribution >= 0.6 is 24.0 Å². The average molecular weight is 371 g/mol. The molecule has 1 atom stereocenters. The van der Waals surface area contributed by atoms with E-state index in [1.165, 1.54) is 12.8 Å². The van der Waals surface area contributed by atoms with E-state index in [9.17, 15) is 4.79 Å². The van der Waals surface area contributed by atoms with Gasteiger partial charge in [0.2, 0.25) is 0 Å². The number of hydrogen-bond donors (Lipinski definition) is 0. The molecule has 0 rings (SSSR count). The first-order valence-corrected chi connectivity index (χ1v) is 7.04. The van der Waals surface area contributed by atoms with Gasteiger partial charge in [0.25, 0.3) is 0 Å². The van der Waals surface area contributed by atoms with Crippen LogP contribution in [-0.4, -0.2) is 37.1 Å². The minimum Gasteiger partial charge on any atom is -0.464 e. The average Bonchev–Trinajstić information content (AvgIpc) is 2.34. The molecule has 0 bridgehead atoms. The summed E-state index contributed by atoms with van der Waals surface area (Å²) in [6.07, 6.45) is 4.49. The van der Waals surface area contributed by atoms with Crippen LogP contribution in [0.1, 0.15) is 53.4 Å². The first kappa shape index (κ1) is 20.5. The Morgan fingerprint density at radius 2 is 1.78 bits per heavy atom. The number of ether oxygens (including phenoxy) is 1. The van der Waals surface area contributed by atoms with E-state index in [0.29, 0.717) is 6.61 Å². The topological polar surface area (TPSA) is 29.5 Å². The molecule has 110 valence electrons. The Morgan fingerprint density at radius 1 is 1.17 bits per heavy atom. The van der Waals surface area contributed by atoms with Crippen LogP contribution in [0.2, 0.25) is 0 Å². The first-order valence-electron chi connectivity index (χ1n) is 7.04. The van der Waals surface area contributed by atoms with Crippen molar-refractivity contribution in [2.45, 2.75) is 53.4 Å². The number of halogens is 1. The lowest BCUT2D eigenvalue weighted by atomic mass is 10.0. The highest BCUT2D eigenvalue weighted by Gasteiger charge is 2.13. The fourth-order valence-corrected chi connectivity index (χ4v) is 1.78. The molecule has 0 fully saturated rings. The van der Waals surface area contributed by atoms with E-state index in [-0.39, 0.29) is 35.9 Å². The van der Waals surface area contributed by atoms with Crippen molar-refractivity contribution in [1.82, 2.24) is 4.90 Å².